The first-order chi connectivity index (χ1) is 16.3. The second kappa shape index (κ2) is 11.2. The minimum atomic E-state index is -3.80. The zero-order valence-corrected chi connectivity index (χ0v) is 20.5. The predicted molar refractivity (Wildman–Crippen MR) is 129 cm³/mol. The van der Waals surface area contributed by atoms with Gasteiger partial charge in [-0.05, 0) is 37.5 Å². The highest BCUT2D eigenvalue weighted by Crippen LogP contribution is 2.36. The summed E-state index contributed by atoms with van der Waals surface area (Å²) in [6.07, 6.45) is 0.926. The molecule has 1 unspecified atom stereocenters. The number of nitrogens with one attached hydrogen (secondary N) is 1. The molecule has 0 saturated heterocycles. The number of amides is 2. The largest absolute Gasteiger partial charge is 0.454 e. The maximum Gasteiger partial charge on any atom is 0.244 e. The predicted octanol–water partition coefficient (Wildman–Crippen LogP) is 2.17. The maximum atomic E-state index is 13.5. The third kappa shape index (κ3) is 5.80. The Balaban J connectivity index is 1.90. The van der Waals surface area contributed by atoms with Crippen molar-refractivity contribution in [3.8, 4) is 11.5 Å². The summed E-state index contributed by atoms with van der Waals surface area (Å²) >= 11 is 0. The molecule has 10 heteroatoms. The molecule has 1 heterocycles. The standard InChI is InChI=1S/C24H31N3O6S/c1-4-20(24(29)25-3)26(14-13-18-9-7-6-8-10-18)23(28)16-27(34(30,31)5-2)19-11-12-21-22(15-19)33-17-32-21/h6-12,15,20H,4-5,13-14,16-17H2,1-3H3,(H,25,29). The van der Waals surface area contributed by atoms with Crippen LogP contribution in [0, 0.1) is 0 Å². The Morgan fingerprint density at radius 1 is 1.06 bits per heavy atom. The average Bonchev–Trinajstić information content (AvgIpc) is 3.33. The van der Waals surface area contributed by atoms with E-state index in [1.807, 2.05) is 37.3 Å². The Morgan fingerprint density at radius 3 is 2.41 bits per heavy atom. The van der Waals surface area contributed by atoms with E-state index in [0.29, 0.717) is 30.0 Å². The molecule has 0 aromatic heterocycles. The van der Waals surface area contributed by atoms with Gasteiger partial charge in [-0.1, -0.05) is 37.3 Å². The average molecular weight is 490 g/mol. The van der Waals surface area contributed by atoms with Gasteiger partial charge in [-0.15, -0.1) is 0 Å². The van der Waals surface area contributed by atoms with Gasteiger partial charge in [0.25, 0.3) is 0 Å². The molecule has 1 N–H and O–H groups in total. The van der Waals surface area contributed by atoms with Crippen LogP contribution in [0.4, 0.5) is 5.69 Å². The lowest BCUT2D eigenvalue weighted by atomic mass is 10.1. The number of rotatable bonds is 11. The summed E-state index contributed by atoms with van der Waals surface area (Å²) in [5.74, 6) is -0.0122. The molecular formula is C24H31N3O6S. The van der Waals surface area contributed by atoms with Gasteiger partial charge in [-0.3, -0.25) is 13.9 Å². The van der Waals surface area contributed by atoms with Crippen LogP contribution in [-0.4, -0.2) is 63.9 Å². The summed E-state index contributed by atoms with van der Waals surface area (Å²) in [5.41, 5.74) is 1.32. The van der Waals surface area contributed by atoms with E-state index >= 15 is 0 Å². The zero-order valence-electron chi connectivity index (χ0n) is 19.7. The number of hydrogen-bond donors (Lipinski definition) is 1. The van der Waals surface area contributed by atoms with Crippen molar-refractivity contribution in [2.24, 2.45) is 0 Å². The molecule has 34 heavy (non-hydrogen) atoms. The fourth-order valence-electron chi connectivity index (χ4n) is 3.82. The first kappa shape index (κ1) is 25.4. The number of sulfonamides is 1. The van der Waals surface area contributed by atoms with Gasteiger partial charge in [0.2, 0.25) is 28.6 Å². The zero-order chi connectivity index (χ0) is 24.7. The van der Waals surface area contributed by atoms with Crippen molar-refractivity contribution >= 4 is 27.5 Å². The summed E-state index contributed by atoms with van der Waals surface area (Å²) in [4.78, 5) is 27.6. The quantitative estimate of drug-likeness (QED) is 0.519. The summed E-state index contributed by atoms with van der Waals surface area (Å²) in [5, 5.41) is 2.61. The molecule has 0 spiro atoms. The lowest BCUT2D eigenvalue weighted by Crippen LogP contribution is -2.53. The molecule has 1 aliphatic rings. The van der Waals surface area contributed by atoms with Gasteiger partial charge in [0.15, 0.2) is 11.5 Å². The number of anilines is 1. The van der Waals surface area contributed by atoms with Crippen LogP contribution in [0.25, 0.3) is 0 Å². The van der Waals surface area contributed by atoms with Crippen LogP contribution in [0.5, 0.6) is 11.5 Å². The molecule has 0 radical (unpaired) electrons. The molecule has 0 aliphatic carbocycles. The van der Waals surface area contributed by atoms with Gasteiger partial charge in [0.1, 0.15) is 12.6 Å². The summed E-state index contributed by atoms with van der Waals surface area (Å²) in [7, 11) is -2.28. The van der Waals surface area contributed by atoms with Crippen LogP contribution in [-0.2, 0) is 26.0 Å². The Bertz CT molecular complexity index is 1110. The van der Waals surface area contributed by atoms with Crippen LogP contribution in [0.3, 0.4) is 0 Å². The highest BCUT2D eigenvalue weighted by molar-refractivity contribution is 7.92. The third-order valence-corrected chi connectivity index (χ3v) is 7.48. The van der Waals surface area contributed by atoms with Crippen molar-refractivity contribution in [2.75, 3.05) is 37.0 Å². The van der Waals surface area contributed by atoms with E-state index in [2.05, 4.69) is 5.32 Å². The van der Waals surface area contributed by atoms with E-state index in [4.69, 9.17) is 9.47 Å². The summed E-state index contributed by atoms with van der Waals surface area (Å²) in [6, 6.07) is 13.7. The number of nitrogens with zero attached hydrogens (tertiary/aromatic N) is 2. The van der Waals surface area contributed by atoms with Gasteiger partial charge < -0.3 is 19.7 Å². The molecule has 2 amide bonds. The molecule has 2 aromatic rings. The highest BCUT2D eigenvalue weighted by Gasteiger charge is 2.32. The van der Waals surface area contributed by atoms with Gasteiger partial charge in [0.05, 0.1) is 11.4 Å². The van der Waals surface area contributed by atoms with E-state index in [0.717, 1.165) is 9.87 Å². The normalized spacial score (nSPS) is 13.3. The van der Waals surface area contributed by atoms with Crippen molar-refractivity contribution < 1.29 is 27.5 Å². The molecule has 3 rings (SSSR count). The molecule has 1 atom stereocenters. The van der Waals surface area contributed by atoms with E-state index < -0.39 is 28.5 Å². The van der Waals surface area contributed by atoms with E-state index in [1.165, 1.54) is 18.9 Å². The lowest BCUT2D eigenvalue weighted by molar-refractivity contribution is -0.139. The number of carbonyl (C=O) groups excluding carboxylic acids is 2. The van der Waals surface area contributed by atoms with Gasteiger partial charge in [-0.25, -0.2) is 8.42 Å². The van der Waals surface area contributed by atoms with Crippen LogP contribution in [0.15, 0.2) is 48.5 Å². The molecule has 1 aliphatic heterocycles. The molecular weight excluding hydrogens is 458 g/mol. The maximum absolute atomic E-state index is 13.5. The second-order valence-corrected chi connectivity index (χ2v) is 9.99. The number of likely N-dealkylation sites (N-methyl/N-ethyl adjacent to an activating group) is 1. The number of carbonyl (C=O) groups is 2. The van der Waals surface area contributed by atoms with Crippen LogP contribution in [0.1, 0.15) is 25.8 Å². The summed E-state index contributed by atoms with van der Waals surface area (Å²) < 4.78 is 37.7. The minimum absolute atomic E-state index is 0.0514. The smallest absolute Gasteiger partial charge is 0.244 e. The van der Waals surface area contributed by atoms with Gasteiger partial charge >= 0.3 is 0 Å². The highest BCUT2D eigenvalue weighted by atomic mass is 32.2. The fourth-order valence-corrected chi connectivity index (χ4v) is 4.88. The van der Waals surface area contributed by atoms with E-state index in [-0.39, 0.29) is 25.0 Å². The number of hydrogen-bond acceptors (Lipinski definition) is 6. The number of benzene rings is 2. The molecule has 2 aromatic carbocycles. The molecule has 184 valence electrons. The molecule has 0 bridgehead atoms. The SMILES string of the molecule is CCC(C(=O)NC)N(CCc1ccccc1)C(=O)CN(c1ccc2c(c1)OCO2)S(=O)(=O)CC. The van der Waals surface area contributed by atoms with Gasteiger partial charge in [-0.2, -0.15) is 0 Å². The Kier molecular flexibility index (Phi) is 8.38. The minimum Gasteiger partial charge on any atom is -0.454 e. The third-order valence-electron chi connectivity index (χ3n) is 5.74. The van der Waals surface area contributed by atoms with E-state index in [9.17, 15) is 18.0 Å². The van der Waals surface area contributed by atoms with Crippen molar-refractivity contribution in [3.63, 3.8) is 0 Å². The molecule has 0 fully saturated rings. The summed E-state index contributed by atoms with van der Waals surface area (Å²) in [6.45, 7) is 3.23. The number of fused-ring (bicyclic) bond motifs is 1. The first-order valence-electron chi connectivity index (χ1n) is 11.3. The van der Waals surface area contributed by atoms with Crippen molar-refractivity contribution in [3.05, 3.63) is 54.1 Å². The Morgan fingerprint density at radius 2 is 1.76 bits per heavy atom. The Labute approximate surface area is 200 Å². The van der Waals surface area contributed by atoms with Crippen molar-refractivity contribution in [2.45, 2.75) is 32.7 Å². The van der Waals surface area contributed by atoms with Gasteiger partial charge in [0, 0.05) is 19.7 Å². The molecule has 9 nitrogen and oxygen atoms in total. The Hall–Kier alpha value is -3.27. The van der Waals surface area contributed by atoms with Crippen LogP contribution >= 0.6 is 0 Å². The fraction of sp³-hybridized carbons (Fsp3) is 0.417. The van der Waals surface area contributed by atoms with Crippen LogP contribution < -0.4 is 19.1 Å². The van der Waals surface area contributed by atoms with E-state index in [1.54, 1.807) is 18.2 Å². The second-order valence-electron chi connectivity index (χ2n) is 7.81. The first-order valence-corrected chi connectivity index (χ1v) is 12.9. The topological polar surface area (TPSA) is 105 Å². The number of ether oxygens (including phenoxy) is 2. The lowest BCUT2D eigenvalue weighted by Gasteiger charge is -2.32. The molecule has 0 saturated carbocycles. The van der Waals surface area contributed by atoms with Crippen molar-refractivity contribution in [1.29, 1.82) is 0 Å². The van der Waals surface area contributed by atoms with Crippen molar-refractivity contribution in [1.82, 2.24) is 10.2 Å². The van der Waals surface area contributed by atoms with Crippen LogP contribution in [0.2, 0.25) is 0 Å². The monoisotopic (exact) mass is 489 g/mol.